The number of anilines is 2. The summed E-state index contributed by atoms with van der Waals surface area (Å²) in [5, 5.41) is 3.27. The van der Waals surface area contributed by atoms with Gasteiger partial charge in [-0.15, -0.1) is 0 Å². The van der Waals surface area contributed by atoms with Gasteiger partial charge in [0, 0.05) is 6.04 Å². The zero-order valence-electron chi connectivity index (χ0n) is 10.6. The van der Waals surface area contributed by atoms with E-state index in [0.717, 1.165) is 12.8 Å². The van der Waals surface area contributed by atoms with Crippen LogP contribution < -0.4 is 11.1 Å². The third kappa shape index (κ3) is 3.37. The Kier molecular flexibility index (Phi) is 4.82. The number of hydrogen-bond donors (Lipinski definition) is 2. The van der Waals surface area contributed by atoms with Gasteiger partial charge in [0.25, 0.3) is 0 Å². The number of nitrogens with two attached hydrogens (primary N) is 1. The molecule has 1 aromatic rings. The van der Waals surface area contributed by atoms with E-state index in [-0.39, 0.29) is 12.0 Å². The van der Waals surface area contributed by atoms with E-state index in [1.807, 2.05) is 0 Å². The van der Waals surface area contributed by atoms with Crippen molar-refractivity contribution in [2.75, 3.05) is 18.2 Å². The Labute approximate surface area is 102 Å². The number of hydrogen-bond acceptors (Lipinski definition) is 4. The third-order valence-electron chi connectivity index (χ3n) is 2.61. The molecule has 0 fully saturated rings. The largest absolute Gasteiger partial charge is 0.465 e. The summed E-state index contributed by atoms with van der Waals surface area (Å²) < 4.78 is 4.74. The molecule has 0 radical (unpaired) electrons. The van der Waals surface area contributed by atoms with Crippen LogP contribution in [0.25, 0.3) is 0 Å². The molecule has 0 aromatic heterocycles. The van der Waals surface area contributed by atoms with Crippen molar-refractivity contribution in [1.82, 2.24) is 0 Å². The highest BCUT2D eigenvalue weighted by molar-refractivity contribution is 5.98. The van der Waals surface area contributed by atoms with E-state index < -0.39 is 0 Å². The molecular formula is C13H20N2O2. The molecule has 1 unspecified atom stereocenters. The Morgan fingerprint density at radius 1 is 1.53 bits per heavy atom. The zero-order valence-corrected chi connectivity index (χ0v) is 10.6. The fourth-order valence-corrected chi connectivity index (χ4v) is 1.76. The second kappa shape index (κ2) is 6.13. The topological polar surface area (TPSA) is 64.3 Å². The SMILES string of the molecule is CCCC(C)Nc1c(N)cccc1C(=O)OC. The molecule has 0 aliphatic carbocycles. The molecule has 1 rings (SSSR count). The molecule has 0 bridgehead atoms. The molecular weight excluding hydrogens is 216 g/mol. The molecule has 4 nitrogen and oxygen atoms in total. The number of carbonyl (C=O) groups excluding carboxylic acids is 1. The maximum atomic E-state index is 11.6. The van der Waals surface area contributed by atoms with Crippen LogP contribution in [0.3, 0.4) is 0 Å². The molecule has 1 atom stereocenters. The fourth-order valence-electron chi connectivity index (χ4n) is 1.76. The summed E-state index contributed by atoms with van der Waals surface area (Å²) >= 11 is 0. The lowest BCUT2D eigenvalue weighted by atomic mass is 10.1. The summed E-state index contributed by atoms with van der Waals surface area (Å²) in [5.74, 6) is -0.372. The van der Waals surface area contributed by atoms with Gasteiger partial charge in [-0.1, -0.05) is 19.4 Å². The van der Waals surface area contributed by atoms with E-state index in [2.05, 4.69) is 19.2 Å². The minimum atomic E-state index is -0.372. The van der Waals surface area contributed by atoms with Crippen molar-refractivity contribution in [3.05, 3.63) is 23.8 Å². The second-order valence-corrected chi connectivity index (χ2v) is 4.10. The highest BCUT2D eigenvalue weighted by Crippen LogP contribution is 2.25. The number of para-hydroxylation sites is 1. The Balaban J connectivity index is 2.99. The van der Waals surface area contributed by atoms with Crippen LogP contribution in [-0.4, -0.2) is 19.1 Å². The van der Waals surface area contributed by atoms with Gasteiger partial charge in [-0.05, 0) is 25.5 Å². The van der Waals surface area contributed by atoms with E-state index in [9.17, 15) is 4.79 Å². The first kappa shape index (κ1) is 13.4. The maximum absolute atomic E-state index is 11.6. The number of esters is 1. The summed E-state index contributed by atoms with van der Waals surface area (Å²) in [4.78, 5) is 11.6. The van der Waals surface area contributed by atoms with Gasteiger partial charge in [0.1, 0.15) is 0 Å². The molecule has 3 N–H and O–H groups in total. The molecule has 0 saturated heterocycles. The van der Waals surface area contributed by atoms with Crippen molar-refractivity contribution in [3.63, 3.8) is 0 Å². The molecule has 4 heteroatoms. The molecule has 0 saturated carbocycles. The van der Waals surface area contributed by atoms with Crippen molar-refractivity contribution in [1.29, 1.82) is 0 Å². The van der Waals surface area contributed by atoms with E-state index in [4.69, 9.17) is 10.5 Å². The van der Waals surface area contributed by atoms with Crippen molar-refractivity contribution in [2.24, 2.45) is 0 Å². The first-order chi connectivity index (χ1) is 8.10. The summed E-state index contributed by atoms with van der Waals surface area (Å²) in [7, 11) is 1.37. The number of nitrogens with one attached hydrogen (secondary N) is 1. The first-order valence-corrected chi connectivity index (χ1v) is 5.83. The van der Waals surface area contributed by atoms with E-state index in [0.29, 0.717) is 16.9 Å². The average Bonchev–Trinajstić information content (AvgIpc) is 2.31. The van der Waals surface area contributed by atoms with Crippen LogP contribution in [-0.2, 0) is 4.74 Å². The number of benzene rings is 1. The van der Waals surface area contributed by atoms with Crippen molar-refractivity contribution in [2.45, 2.75) is 32.7 Å². The lowest BCUT2D eigenvalue weighted by Gasteiger charge is -2.18. The maximum Gasteiger partial charge on any atom is 0.340 e. The van der Waals surface area contributed by atoms with Gasteiger partial charge in [-0.2, -0.15) is 0 Å². The fraction of sp³-hybridized carbons (Fsp3) is 0.462. The molecule has 94 valence electrons. The van der Waals surface area contributed by atoms with E-state index in [1.165, 1.54) is 7.11 Å². The van der Waals surface area contributed by atoms with Crippen LogP contribution in [0.5, 0.6) is 0 Å². The molecule has 0 aliphatic rings. The van der Waals surface area contributed by atoms with Gasteiger partial charge >= 0.3 is 5.97 Å². The molecule has 0 spiro atoms. The van der Waals surface area contributed by atoms with Gasteiger partial charge in [0.15, 0.2) is 0 Å². The molecule has 0 amide bonds. The number of methoxy groups -OCH3 is 1. The number of carbonyl (C=O) groups is 1. The lowest BCUT2D eigenvalue weighted by molar-refractivity contribution is 0.0602. The minimum Gasteiger partial charge on any atom is -0.465 e. The summed E-state index contributed by atoms with van der Waals surface area (Å²) in [5.41, 5.74) is 7.60. The Morgan fingerprint density at radius 2 is 2.24 bits per heavy atom. The lowest BCUT2D eigenvalue weighted by Crippen LogP contribution is -2.18. The highest BCUT2D eigenvalue weighted by Gasteiger charge is 2.15. The summed E-state index contributed by atoms with van der Waals surface area (Å²) in [6.45, 7) is 4.19. The summed E-state index contributed by atoms with van der Waals surface area (Å²) in [6.07, 6.45) is 2.10. The van der Waals surface area contributed by atoms with Crippen LogP contribution in [0, 0.1) is 0 Å². The molecule has 0 aliphatic heterocycles. The normalized spacial score (nSPS) is 11.9. The van der Waals surface area contributed by atoms with Crippen LogP contribution in [0.15, 0.2) is 18.2 Å². The van der Waals surface area contributed by atoms with Gasteiger partial charge in [-0.25, -0.2) is 4.79 Å². The van der Waals surface area contributed by atoms with Crippen molar-refractivity contribution in [3.8, 4) is 0 Å². The molecule has 17 heavy (non-hydrogen) atoms. The Morgan fingerprint density at radius 3 is 2.82 bits per heavy atom. The minimum absolute atomic E-state index is 0.271. The van der Waals surface area contributed by atoms with Crippen LogP contribution in [0.1, 0.15) is 37.0 Å². The molecule has 0 heterocycles. The standard InChI is InChI=1S/C13H20N2O2/c1-4-6-9(2)15-12-10(13(16)17-3)7-5-8-11(12)14/h5,7-9,15H,4,6,14H2,1-3H3. The van der Waals surface area contributed by atoms with Crippen LogP contribution >= 0.6 is 0 Å². The van der Waals surface area contributed by atoms with Crippen LogP contribution in [0.2, 0.25) is 0 Å². The predicted molar refractivity (Wildman–Crippen MR) is 70.2 cm³/mol. The van der Waals surface area contributed by atoms with Crippen LogP contribution in [0.4, 0.5) is 11.4 Å². The Bertz CT molecular complexity index is 391. The van der Waals surface area contributed by atoms with Gasteiger partial charge in [-0.3, -0.25) is 0 Å². The smallest absolute Gasteiger partial charge is 0.340 e. The first-order valence-electron chi connectivity index (χ1n) is 5.83. The predicted octanol–water partition coefficient (Wildman–Crippen LogP) is 2.66. The van der Waals surface area contributed by atoms with Gasteiger partial charge < -0.3 is 15.8 Å². The zero-order chi connectivity index (χ0) is 12.8. The number of ether oxygens (including phenoxy) is 1. The summed E-state index contributed by atoms with van der Waals surface area (Å²) in [6, 6.07) is 5.50. The van der Waals surface area contributed by atoms with Gasteiger partial charge in [0.05, 0.1) is 24.0 Å². The van der Waals surface area contributed by atoms with E-state index in [1.54, 1.807) is 18.2 Å². The quantitative estimate of drug-likeness (QED) is 0.609. The average molecular weight is 236 g/mol. The van der Waals surface area contributed by atoms with Crippen molar-refractivity contribution < 1.29 is 9.53 Å². The van der Waals surface area contributed by atoms with Crippen molar-refractivity contribution >= 4 is 17.3 Å². The number of rotatable bonds is 5. The number of nitrogen functional groups attached to an aromatic ring is 1. The second-order valence-electron chi connectivity index (χ2n) is 4.10. The van der Waals surface area contributed by atoms with Gasteiger partial charge in [0.2, 0.25) is 0 Å². The molecule has 1 aromatic carbocycles. The Hall–Kier alpha value is -1.71. The monoisotopic (exact) mass is 236 g/mol. The van der Waals surface area contributed by atoms with E-state index >= 15 is 0 Å². The highest BCUT2D eigenvalue weighted by atomic mass is 16.5. The third-order valence-corrected chi connectivity index (χ3v) is 2.61.